The van der Waals surface area contributed by atoms with Gasteiger partial charge in [0, 0.05) is 104 Å². The number of likely N-dealkylation sites (tertiary alicyclic amines) is 4. The number of aromatic nitrogens is 5. The van der Waals surface area contributed by atoms with E-state index in [1.165, 1.54) is 82.3 Å². The van der Waals surface area contributed by atoms with E-state index in [0.717, 1.165) is 95.7 Å². The van der Waals surface area contributed by atoms with Crippen LogP contribution >= 0.6 is 20.2 Å². The molecule has 828 valence electrons. The van der Waals surface area contributed by atoms with Gasteiger partial charge in [-0.25, -0.2) is 12.4 Å². The van der Waals surface area contributed by atoms with Crippen LogP contribution in [0.2, 0.25) is 18.1 Å². The van der Waals surface area contributed by atoms with Crippen LogP contribution in [0.5, 0.6) is 0 Å². The third-order valence-corrected chi connectivity index (χ3v) is 28.2. The van der Waals surface area contributed by atoms with Crippen LogP contribution in [0.25, 0.3) is 55.3 Å². The summed E-state index contributed by atoms with van der Waals surface area (Å²) in [4.78, 5) is 30.9. The second-order valence-corrected chi connectivity index (χ2v) is 49.4. The minimum absolute atomic E-state index is 0. The van der Waals surface area contributed by atoms with Crippen molar-refractivity contribution in [3.63, 3.8) is 0 Å². The first-order valence-corrected chi connectivity index (χ1v) is 59.2. The fraction of sp³-hybridized carbons (Fsp3) is 0.452. The number of alkyl halides is 24. The Bertz CT molecular complexity index is 5120. The number of nitrogens with zero attached hydrogens (tertiary/aromatic N) is 11. The van der Waals surface area contributed by atoms with Gasteiger partial charge in [0.15, 0.2) is 8.32 Å². The number of pyridine rings is 5. The minimum atomic E-state index is -9.19. The maximum Gasteiger partial charge on any atom is 4.00 e. The van der Waals surface area contributed by atoms with E-state index in [4.69, 9.17) is 35.4 Å². The summed E-state index contributed by atoms with van der Waals surface area (Å²) in [6.45, 7) is 26.3. The standard InChI is InChI=1S/2C38H34F12N4.C13H23NOSi.2C2H4N.2ClH.12FH.2Fe.2Sb/c2*1-21-13-25(35(39,40)41)15-29(37(45,46)47)33(21)23-7-9-27(51-17-23)19-53-11-3-5-31(53)32-6-4-12-54(32)20-28-10-8-24(18-52-28)34-22(2)14-26(36(42,43)44)16-30(34)38(48,49)50;1-11-7-8-12(14-9-11)10-15-16(5,6)13(2,3)4;2*1-2-3;;;;;;;;;;;;;;;;;;/h2*7-10,13-18,31-32H,3-6,11-12,19-20H2,1-2H3;7-9H,10H2,1-6H3;2*2H,1H3;14*1H;;;;/q;;;2*-1;;;;;;;;;;;;;;;+2;+4;2*+5/p-14/t2*31-,32-;;;;;;;;;;;;;;;;;;;;;/m11...................../s1. The summed E-state index contributed by atoms with van der Waals surface area (Å²) in [7, 11) is 7.89. The van der Waals surface area contributed by atoms with Crippen molar-refractivity contribution < 1.29 is 178 Å². The molecule has 4 saturated heterocycles. The molecule has 9 heterocycles. The van der Waals surface area contributed by atoms with Crippen LogP contribution in [0.4, 0.5) is 133 Å². The first-order valence-electron chi connectivity index (χ1n) is 43.6. The molecule has 5 aromatic heterocycles. The van der Waals surface area contributed by atoms with E-state index in [9.17, 15) is 133 Å². The van der Waals surface area contributed by atoms with Gasteiger partial charge >= 0.3 is 169 Å². The second kappa shape index (κ2) is 53.7. The van der Waals surface area contributed by atoms with Crippen LogP contribution in [-0.2, 0) is 117 Å². The molecule has 4 aliphatic heterocycles. The Morgan fingerprint density at radius 3 is 0.696 bits per heavy atom. The van der Waals surface area contributed by atoms with E-state index < -0.39 is 143 Å². The number of halogens is 38. The van der Waals surface area contributed by atoms with Gasteiger partial charge in [-0.05, 0) is 259 Å². The topological polar surface area (TPSA) is 131 Å². The minimum Gasteiger partial charge on any atom is 4.00 e. The smallest absolute Gasteiger partial charge is 4.00 e. The molecule has 4 atom stereocenters. The molecule has 12 nitrogen and oxygen atoms in total. The van der Waals surface area contributed by atoms with E-state index in [-0.39, 0.29) is 160 Å². The van der Waals surface area contributed by atoms with E-state index in [2.05, 4.69) is 84.5 Å². The average molecular weight is 2530 g/mol. The number of benzene rings is 4. The Labute approximate surface area is 865 Å². The molecule has 55 heteroatoms. The zero-order valence-corrected chi connectivity index (χ0v) is 89.9. The third kappa shape index (κ3) is 42.2. The summed E-state index contributed by atoms with van der Waals surface area (Å²) < 4.78 is 432. The summed E-state index contributed by atoms with van der Waals surface area (Å²) in [6, 6.07) is 19.7. The maximum absolute atomic E-state index is 13.9. The van der Waals surface area contributed by atoms with Gasteiger partial charge in [-0.3, -0.25) is 44.5 Å². The van der Waals surface area contributed by atoms with Gasteiger partial charge < -0.3 is 24.7 Å². The summed E-state index contributed by atoms with van der Waals surface area (Å²) in [6.07, 6.45) is -24.1. The van der Waals surface area contributed by atoms with Crippen LogP contribution in [0.15, 0.2) is 140 Å². The van der Waals surface area contributed by atoms with Crippen molar-refractivity contribution in [3.05, 3.63) is 252 Å². The van der Waals surface area contributed by atoms with E-state index in [0.29, 0.717) is 79.8 Å². The first kappa shape index (κ1) is 135. The van der Waals surface area contributed by atoms with Crippen LogP contribution < -0.4 is 9.41 Å². The average Bonchev–Trinajstić information content (AvgIpc) is 1.22. The molecule has 4 aliphatic rings. The van der Waals surface area contributed by atoms with Gasteiger partial charge in [-0.2, -0.15) is 105 Å². The van der Waals surface area contributed by atoms with Crippen LogP contribution in [0.1, 0.15) is 187 Å². The SMILES string of the molecule is CC=[N-].CC=[N-].Cc1cc(C(F)(F)F)cc(C(F)(F)F)c1-c1ccc(CN2CCC[C@@H]2[C@H]2CCCN2Cc2ccc(-c3c(C)cc(C(F)(F)F)cc3C(F)(F)F)cn2)nc1.Cc1cc(C(F)(F)F)cc(C(F)(F)F)c1-c1ccc(CN2CCC[C@@H]2[C@H]2CCCN2Cc2ccc(-c3c(C)cc(C(F)(F)F)cc3C(F)(F)F)cn2)nc1.Cc1ccc(CO[Si](C)(C)C(C)(C)C)nc1.[Cl][Fe][Cl].[F-].[F-].[F][Sb]([F])([F])([F])[F].[F][Sb]([F])([F])([F])[F].[Fe+4]. The van der Waals surface area contributed by atoms with Crippen molar-refractivity contribution in [3.8, 4) is 44.5 Å². The molecule has 0 unspecified atom stereocenters. The van der Waals surface area contributed by atoms with Crippen molar-refractivity contribution in [2.75, 3.05) is 26.2 Å². The number of rotatable bonds is 17. The molecule has 0 radical (unpaired) electrons. The normalized spacial score (nSPS) is 17.3. The van der Waals surface area contributed by atoms with Gasteiger partial charge in [0.05, 0.1) is 79.6 Å². The summed E-state index contributed by atoms with van der Waals surface area (Å²) >= 11 is -18.2. The molecular formula is C93H99Cl2F36Fe2N11OSb2Si. The quantitative estimate of drug-likeness (QED) is 0.0493. The van der Waals surface area contributed by atoms with Crippen molar-refractivity contribution in [2.24, 2.45) is 0 Å². The van der Waals surface area contributed by atoms with E-state index in [1.807, 2.05) is 19.2 Å². The fourth-order valence-electron chi connectivity index (χ4n) is 16.7. The Balaban J connectivity index is 0.000000558. The molecule has 0 amide bonds. The van der Waals surface area contributed by atoms with Gasteiger partial charge in [0.25, 0.3) is 0 Å². The molecule has 148 heavy (non-hydrogen) atoms. The first-order chi connectivity index (χ1) is 66.2. The predicted octanol–water partition coefficient (Wildman–Crippen LogP) is 26.3. The Kier molecular flexibility index (Phi) is 49.0. The van der Waals surface area contributed by atoms with Crippen molar-refractivity contribution in [1.29, 1.82) is 0 Å². The van der Waals surface area contributed by atoms with Gasteiger partial charge in [-0.15, -0.1) is 0 Å². The molecule has 4 fully saturated rings. The molecule has 0 bridgehead atoms. The van der Waals surface area contributed by atoms with Crippen LogP contribution in [0.3, 0.4) is 0 Å². The monoisotopic (exact) mass is 2520 g/mol. The van der Waals surface area contributed by atoms with Crippen molar-refractivity contribution >= 4 is 81.5 Å². The molecule has 0 spiro atoms. The zero-order chi connectivity index (χ0) is 110. The van der Waals surface area contributed by atoms with E-state index >= 15 is 0 Å². The van der Waals surface area contributed by atoms with Crippen molar-refractivity contribution in [2.45, 2.75) is 245 Å². The molecule has 9 aromatic rings. The number of hydrogen-bond donors (Lipinski definition) is 0. The fourth-order valence-corrected chi connectivity index (χ4v) is 17.7. The number of hydrogen-bond acceptors (Lipinski definition) is 10. The van der Waals surface area contributed by atoms with Crippen LogP contribution in [0, 0.1) is 34.6 Å². The van der Waals surface area contributed by atoms with Gasteiger partial charge in [0.2, 0.25) is 0 Å². The molecule has 0 saturated carbocycles. The summed E-state index contributed by atoms with van der Waals surface area (Å²) in [5.74, 6) is 0. The summed E-state index contributed by atoms with van der Waals surface area (Å²) in [5, 5.41) is 15.2. The van der Waals surface area contributed by atoms with Crippen molar-refractivity contribution in [1.82, 2.24) is 44.5 Å². The molecular weight excluding hydrogens is 2430 g/mol. The molecule has 0 N–H and O–H groups in total. The Morgan fingerprint density at radius 1 is 0.351 bits per heavy atom. The van der Waals surface area contributed by atoms with Gasteiger partial charge in [-0.1, -0.05) is 65.0 Å². The molecule has 13 rings (SSSR count). The molecule has 4 aromatic carbocycles. The number of aryl methyl sites for hydroxylation is 5. The van der Waals surface area contributed by atoms with E-state index in [1.54, 1.807) is 38.1 Å². The third-order valence-electron chi connectivity index (χ3n) is 23.7. The Morgan fingerprint density at radius 2 is 0.541 bits per heavy atom. The maximum atomic E-state index is 13.9. The van der Waals surface area contributed by atoms with Crippen LogP contribution in [-0.4, -0.2) is 156 Å². The Hall–Kier alpha value is -7.28. The zero-order valence-electron chi connectivity index (χ0n) is 80.1. The van der Waals surface area contributed by atoms with Gasteiger partial charge in [0.1, 0.15) is 0 Å². The molecule has 0 aliphatic carbocycles. The summed E-state index contributed by atoms with van der Waals surface area (Å²) in [5.41, 5.74) is -8.66. The second-order valence-electron chi connectivity index (χ2n) is 35.4. The predicted molar refractivity (Wildman–Crippen MR) is 487 cm³/mol. The largest absolute Gasteiger partial charge is 4.00 e.